The summed E-state index contributed by atoms with van der Waals surface area (Å²) in [5, 5.41) is 0. The van der Waals surface area contributed by atoms with Crippen LogP contribution < -0.4 is 0 Å². The molecule has 1 aliphatic rings. The first-order valence-electron chi connectivity index (χ1n) is 7.31. The van der Waals surface area contributed by atoms with Crippen LogP contribution >= 0.6 is 0 Å². The Labute approximate surface area is 127 Å². The van der Waals surface area contributed by atoms with Gasteiger partial charge in [-0.05, 0) is 19.3 Å². The van der Waals surface area contributed by atoms with Gasteiger partial charge in [0.2, 0.25) is 0 Å². The molecule has 7 nitrogen and oxygen atoms in total. The van der Waals surface area contributed by atoms with Gasteiger partial charge in [0, 0.05) is 33.3 Å². The standard InChI is InChI=1S/C13H26N2O5S/c1-4-10-20-12-6-5-8-15(11-12)21(17,18)14(2)9-7-13(16)19-3/h12H,4-11H2,1-3H3. The molecule has 1 saturated heterocycles. The Kier molecular flexibility index (Phi) is 7.58. The highest BCUT2D eigenvalue weighted by Gasteiger charge is 2.32. The summed E-state index contributed by atoms with van der Waals surface area (Å²) in [6, 6.07) is 0. The molecule has 0 spiro atoms. The average Bonchev–Trinajstić information content (AvgIpc) is 2.50. The molecule has 8 heteroatoms. The van der Waals surface area contributed by atoms with Gasteiger partial charge in [0.25, 0.3) is 10.2 Å². The lowest BCUT2D eigenvalue weighted by Crippen LogP contribution is -2.49. The van der Waals surface area contributed by atoms with Crippen molar-refractivity contribution in [2.45, 2.75) is 38.7 Å². The third-order valence-corrected chi connectivity index (χ3v) is 5.43. The van der Waals surface area contributed by atoms with E-state index in [-0.39, 0.29) is 19.1 Å². The monoisotopic (exact) mass is 322 g/mol. The maximum Gasteiger partial charge on any atom is 0.306 e. The Morgan fingerprint density at radius 2 is 2.14 bits per heavy atom. The Morgan fingerprint density at radius 3 is 2.76 bits per heavy atom. The van der Waals surface area contributed by atoms with Crippen LogP contribution in [0, 0.1) is 0 Å². The molecule has 0 amide bonds. The molecule has 0 aromatic carbocycles. The van der Waals surface area contributed by atoms with Crippen molar-refractivity contribution in [3.63, 3.8) is 0 Å². The molecule has 0 N–H and O–H groups in total. The van der Waals surface area contributed by atoms with Gasteiger partial charge in [0.1, 0.15) is 0 Å². The zero-order valence-corrected chi connectivity index (χ0v) is 13.9. The van der Waals surface area contributed by atoms with Gasteiger partial charge in [-0.2, -0.15) is 17.0 Å². The highest BCUT2D eigenvalue weighted by molar-refractivity contribution is 7.86. The average molecular weight is 322 g/mol. The molecule has 124 valence electrons. The van der Waals surface area contributed by atoms with Gasteiger partial charge in [-0.3, -0.25) is 4.79 Å². The van der Waals surface area contributed by atoms with Crippen molar-refractivity contribution >= 4 is 16.2 Å². The molecular weight excluding hydrogens is 296 g/mol. The maximum atomic E-state index is 12.4. The Hall–Kier alpha value is -0.700. The number of rotatable bonds is 8. The van der Waals surface area contributed by atoms with Crippen LogP contribution in [0.2, 0.25) is 0 Å². The quantitative estimate of drug-likeness (QED) is 0.612. The van der Waals surface area contributed by atoms with Gasteiger partial charge in [-0.25, -0.2) is 0 Å². The van der Waals surface area contributed by atoms with E-state index in [0.29, 0.717) is 19.7 Å². The van der Waals surface area contributed by atoms with Gasteiger partial charge in [-0.1, -0.05) is 6.92 Å². The highest BCUT2D eigenvalue weighted by atomic mass is 32.2. The molecule has 0 aromatic rings. The molecule has 1 aliphatic heterocycles. The number of ether oxygens (including phenoxy) is 2. The van der Waals surface area contributed by atoms with Crippen LogP contribution in [-0.4, -0.2) is 69.5 Å². The number of hydrogen-bond acceptors (Lipinski definition) is 5. The minimum absolute atomic E-state index is 0.0394. The van der Waals surface area contributed by atoms with E-state index in [0.717, 1.165) is 19.3 Å². The molecule has 0 aromatic heterocycles. The second-order valence-electron chi connectivity index (χ2n) is 5.15. The van der Waals surface area contributed by atoms with Crippen molar-refractivity contribution in [1.29, 1.82) is 0 Å². The van der Waals surface area contributed by atoms with E-state index in [1.54, 1.807) is 0 Å². The summed E-state index contributed by atoms with van der Waals surface area (Å²) in [7, 11) is -0.775. The van der Waals surface area contributed by atoms with Gasteiger partial charge in [0.05, 0.1) is 19.6 Å². The summed E-state index contributed by atoms with van der Waals surface area (Å²) in [4.78, 5) is 11.1. The number of nitrogens with zero attached hydrogens (tertiary/aromatic N) is 2. The van der Waals surface area contributed by atoms with Crippen molar-refractivity contribution < 1.29 is 22.7 Å². The van der Waals surface area contributed by atoms with Crippen molar-refractivity contribution in [2.24, 2.45) is 0 Å². The second kappa shape index (κ2) is 8.67. The van der Waals surface area contributed by atoms with Crippen molar-refractivity contribution in [1.82, 2.24) is 8.61 Å². The lowest BCUT2D eigenvalue weighted by molar-refractivity contribution is -0.140. The molecule has 0 aliphatic carbocycles. The van der Waals surface area contributed by atoms with E-state index < -0.39 is 16.2 Å². The SMILES string of the molecule is CCCOC1CCCN(S(=O)(=O)N(C)CCC(=O)OC)C1. The summed E-state index contributed by atoms with van der Waals surface area (Å²) in [5.74, 6) is -0.417. The topological polar surface area (TPSA) is 76.2 Å². The Balaban J connectivity index is 2.57. The van der Waals surface area contributed by atoms with Gasteiger partial charge in [-0.15, -0.1) is 0 Å². The third kappa shape index (κ3) is 5.54. The number of hydrogen-bond donors (Lipinski definition) is 0. The maximum absolute atomic E-state index is 12.4. The Bertz CT molecular complexity index is 426. The van der Waals surface area contributed by atoms with Crippen LogP contribution in [0.25, 0.3) is 0 Å². The molecule has 1 unspecified atom stereocenters. The summed E-state index contributed by atoms with van der Waals surface area (Å²) < 4.78 is 37.7. The molecule has 1 heterocycles. The van der Waals surface area contributed by atoms with E-state index in [9.17, 15) is 13.2 Å². The summed E-state index contributed by atoms with van der Waals surface area (Å²) >= 11 is 0. The smallest absolute Gasteiger partial charge is 0.306 e. The highest BCUT2D eigenvalue weighted by Crippen LogP contribution is 2.18. The Morgan fingerprint density at radius 1 is 1.43 bits per heavy atom. The van der Waals surface area contributed by atoms with Crippen LogP contribution in [-0.2, 0) is 24.5 Å². The molecule has 0 saturated carbocycles. The fraction of sp³-hybridized carbons (Fsp3) is 0.923. The van der Waals surface area contributed by atoms with Crippen LogP contribution in [0.4, 0.5) is 0 Å². The van der Waals surface area contributed by atoms with Crippen LogP contribution in [0.3, 0.4) is 0 Å². The van der Waals surface area contributed by atoms with Gasteiger partial charge < -0.3 is 9.47 Å². The predicted octanol–water partition coefficient (Wildman–Crippen LogP) is 0.617. The van der Waals surface area contributed by atoms with Crippen molar-refractivity contribution in [2.75, 3.05) is 40.4 Å². The summed E-state index contributed by atoms with van der Waals surface area (Å²) in [5.41, 5.74) is 0. The van der Waals surface area contributed by atoms with Crippen molar-refractivity contribution in [3.05, 3.63) is 0 Å². The van der Waals surface area contributed by atoms with E-state index in [1.165, 1.54) is 22.8 Å². The minimum Gasteiger partial charge on any atom is -0.469 e. The van der Waals surface area contributed by atoms with E-state index in [1.807, 2.05) is 6.92 Å². The normalized spacial score (nSPS) is 20.7. The first kappa shape index (κ1) is 18.3. The molecular formula is C13H26N2O5S. The predicted molar refractivity (Wildman–Crippen MR) is 79.0 cm³/mol. The number of esters is 1. The lowest BCUT2D eigenvalue weighted by Gasteiger charge is -2.34. The van der Waals surface area contributed by atoms with E-state index in [2.05, 4.69) is 4.74 Å². The van der Waals surface area contributed by atoms with Crippen LogP contribution in [0.1, 0.15) is 32.6 Å². The fourth-order valence-corrected chi connectivity index (χ4v) is 3.63. The number of carbonyl (C=O) groups is 1. The first-order chi connectivity index (χ1) is 9.91. The van der Waals surface area contributed by atoms with Crippen LogP contribution in [0.5, 0.6) is 0 Å². The number of piperidine rings is 1. The zero-order valence-electron chi connectivity index (χ0n) is 13.1. The van der Waals surface area contributed by atoms with E-state index in [4.69, 9.17) is 4.74 Å². The minimum atomic E-state index is -3.54. The van der Waals surface area contributed by atoms with Crippen molar-refractivity contribution in [3.8, 4) is 0 Å². The molecule has 1 fully saturated rings. The summed E-state index contributed by atoms with van der Waals surface area (Å²) in [6.45, 7) is 3.67. The van der Waals surface area contributed by atoms with Gasteiger partial charge in [0.15, 0.2) is 0 Å². The third-order valence-electron chi connectivity index (χ3n) is 3.48. The second-order valence-corrected chi connectivity index (χ2v) is 7.18. The van der Waals surface area contributed by atoms with Crippen LogP contribution in [0.15, 0.2) is 0 Å². The number of carbonyl (C=O) groups excluding carboxylic acids is 1. The fourth-order valence-electron chi connectivity index (χ4n) is 2.20. The number of methoxy groups -OCH3 is 1. The molecule has 0 bridgehead atoms. The molecule has 21 heavy (non-hydrogen) atoms. The molecule has 0 radical (unpaired) electrons. The zero-order chi connectivity index (χ0) is 15.9. The summed E-state index contributed by atoms with van der Waals surface area (Å²) in [6.07, 6.45) is 2.61. The molecule has 1 atom stereocenters. The largest absolute Gasteiger partial charge is 0.469 e. The van der Waals surface area contributed by atoms with Gasteiger partial charge >= 0.3 is 5.97 Å². The van der Waals surface area contributed by atoms with E-state index >= 15 is 0 Å². The lowest BCUT2D eigenvalue weighted by atomic mass is 10.1. The molecule has 1 rings (SSSR count). The first-order valence-corrected chi connectivity index (χ1v) is 8.71.